The van der Waals surface area contributed by atoms with Gasteiger partial charge in [-0.05, 0) is 54.8 Å². The Morgan fingerprint density at radius 3 is 2.33 bits per heavy atom. The molecule has 0 saturated heterocycles. The van der Waals surface area contributed by atoms with Crippen molar-refractivity contribution in [1.82, 2.24) is 0 Å². The summed E-state index contributed by atoms with van der Waals surface area (Å²) in [7, 11) is 0. The van der Waals surface area contributed by atoms with Crippen LogP contribution in [0, 0.1) is 6.92 Å². The van der Waals surface area contributed by atoms with Gasteiger partial charge in [0.15, 0.2) is 0 Å². The maximum Gasteiger partial charge on any atom is 0.244 e. The molecule has 0 atom stereocenters. The Morgan fingerprint density at radius 2 is 1.79 bits per heavy atom. The Bertz CT molecular complexity index is 742. The lowest BCUT2D eigenvalue weighted by molar-refractivity contribution is -0.120. The molecule has 1 N–H and O–H groups in total. The van der Waals surface area contributed by atoms with E-state index < -0.39 is 0 Å². The molecule has 0 aliphatic heterocycles. The summed E-state index contributed by atoms with van der Waals surface area (Å²) in [6.07, 6.45) is 0.927. The monoisotopic (exact) mass is 344 g/mol. The van der Waals surface area contributed by atoms with Gasteiger partial charge in [-0.1, -0.05) is 30.7 Å². The van der Waals surface area contributed by atoms with E-state index in [-0.39, 0.29) is 18.4 Å². The van der Waals surface area contributed by atoms with Gasteiger partial charge in [0.1, 0.15) is 6.54 Å². The highest BCUT2D eigenvalue weighted by Crippen LogP contribution is 2.20. The fourth-order valence-corrected chi connectivity index (χ4v) is 2.62. The lowest BCUT2D eigenvalue weighted by atomic mass is 10.1. The highest BCUT2D eigenvalue weighted by atomic mass is 35.5. The molecule has 2 aromatic rings. The van der Waals surface area contributed by atoms with Gasteiger partial charge in [0.05, 0.1) is 0 Å². The first-order valence-electron chi connectivity index (χ1n) is 7.83. The summed E-state index contributed by atoms with van der Waals surface area (Å²) in [6.45, 7) is 5.35. The average molecular weight is 345 g/mol. The van der Waals surface area contributed by atoms with Crippen molar-refractivity contribution in [3.05, 3.63) is 58.6 Å². The number of nitrogens with one attached hydrogen (secondary N) is 1. The van der Waals surface area contributed by atoms with Crippen molar-refractivity contribution >= 4 is 34.8 Å². The Labute approximate surface area is 147 Å². The fraction of sp³-hybridized carbons (Fsp3) is 0.263. The molecule has 4 nitrogen and oxygen atoms in total. The van der Waals surface area contributed by atoms with Crippen LogP contribution < -0.4 is 10.2 Å². The van der Waals surface area contributed by atoms with Gasteiger partial charge in [-0.2, -0.15) is 0 Å². The number of nitrogens with zero attached hydrogens (tertiary/aromatic N) is 1. The van der Waals surface area contributed by atoms with Crippen LogP contribution in [0.2, 0.25) is 5.02 Å². The molecule has 2 aromatic carbocycles. The SMILES string of the molecule is CCc1ccc(N(CC(=O)Nc2ccc(Cl)cc2C)C(C)=O)cc1. The summed E-state index contributed by atoms with van der Waals surface area (Å²) in [5, 5.41) is 3.44. The summed E-state index contributed by atoms with van der Waals surface area (Å²) in [4.78, 5) is 25.7. The van der Waals surface area contributed by atoms with E-state index >= 15 is 0 Å². The number of carbonyl (C=O) groups excluding carboxylic acids is 2. The number of hydrogen-bond acceptors (Lipinski definition) is 2. The van der Waals surface area contributed by atoms with Crippen molar-refractivity contribution in [3.63, 3.8) is 0 Å². The van der Waals surface area contributed by atoms with Crippen LogP contribution in [0.1, 0.15) is 25.0 Å². The van der Waals surface area contributed by atoms with E-state index in [1.165, 1.54) is 17.4 Å². The highest BCUT2D eigenvalue weighted by Gasteiger charge is 2.16. The van der Waals surface area contributed by atoms with Crippen LogP contribution in [0.15, 0.2) is 42.5 Å². The molecular formula is C19H21ClN2O2. The molecular weight excluding hydrogens is 324 g/mol. The van der Waals surface area contributed by atoms with E-state index in [4.69, 9.17) is 11.6 Å². The second-order valence-corrected chi connectivity index (χ2v) is 6.07. The zero-order valence-electron chi connectivity index (χ0n) is 14.1. The first-order chi connectivity index (χ1) is 11.4. The predicted molar refractivity (Wildman–Crippen MR) is 98.7 cm³/mol. The molecule has 0 fully saturated rings. The van der Waals surface area contributed by atoms with Crippen molar-refractivity contribution < 1.29 is 9.59 Å². The van der Waals surface area contributed by atoms with Crippen LogP contribution in [0.3, 0.4) is 0 Å². The van der Waals surface area contributed by atoms with E-state index in [1.807, 2.05) is 31.2 Å². The van der Waals surface area contributed by atoms with Crippen LogP contribution >= 0.6 is 11.6 Å². The van der Waals surface area contributed by atoms with Crippen LogP contribution in [0.25, 0.3) is 0 Å². The third-order valence-electron chi connectivity index (χ3n) is 3.80. The third kappa shape index (κ3) is 4.59. The van der Waals surface area contributed by atoms with E-state index in [0.29, 0.717) is 16.4 Å². The molecule has 0 unspecified atom stereocenters. The lowest BCUT2D eigenvalue weighted by Crippen LogP contribution is -2.36. The molecule has 24 heavy (non-hydrogen) atoms. The maximum absolute atomic E-state index is 12.3. The minimum Gasteiger partial charge on any atom is -0.324 e. The first kappa shape index (κ1) is 18.0. The predicted octanol–water partition coefficient (Wildman–Crippen LogP) is 4.20. The topological polar surface area (TPSA) is 49.4 Å². The van der Waals surface area contributed by atoms with Gasteiger partial charge >= 0.3 is 0 Å². The van der Waals surface area contributed by atoms with Gasteiger partial charge in [-0.3, -0.25) is 9.59 Å². The Hall–Kier alpha value is -2.33. The van der Waals surface area contributed by atoms with Crippen molar-refractivity contribution in [1.29, 1.82) is 0 Å². The quantitative estimate of drug-likeness (QED) is 0.883. The van der Waals surface area contributed by atoms with Gasteiger partial charge in [0, 0.05) is 23.3 Å². The van der Waals surface area contributed by atoms with Crippen molar-refractivity contribution in [3.8, 4) is 0 Å². The summed E-state index contributed by atoms with van der Waals surface area (Å²) < 4.78 is 0. The highest BCUT2D eigenvalue weighted by molar-refractivity contribution is 6.30. The standard InChI is InChI=1S/C19H21ClN2O2/c1-4-15-5-8-17(9-6-15)22(14(3)23)12-19(24)21-18-10-7-16(20)11-13(18)2/h5-11H,4,12H2,1-3H3,(H,21,24). The van der Waals surface area contributed by atoms with Crippen molar-refractivity contribution in [2.24, 2.45) is 0 Å². The number of amides is 2. The number of anilines is 2. The number of hydrogen-bond donors (Lipinski definition) is 1. The third-order valence-corrected chi connectivity index (χ3v) is 4.04. The molecule has 126 valence electrons. The van der Waals surface area contributed by atoms with Gasteiger partial charge in [0.25, 0.3) is 0 Å². The molecule has 0 saturated carbocycles. The molecule has 0 radical (unpaired) electrons. The number of halogens is 1. The summed E-state index contributed by atoms with van der Waals surface area (Å²) >= 11 is 5.92. The summed E-state index contributed by atoms with van der Waals surface area (Å²) in [6, 6.07) is 12.9. The van der Waals surface area contributed by atoms with Crippen LogP contribution in [0.4, 0.5) is 11.4 Å². The van der Waals surface area contributed by atoms with E-state index in [1.54, 1.807) is 18.2 Å². The van der Waals surface area contributed by atoms with Gasteiger partial charge in [0.2, 0.25) is 11.8 Å². The van der Waals surface area contributed by atoms with Crippen LogP contribution in [-0.4, -0.2) is 18.4 Å². The second kappa shape index (κ2) is 7.97. The smallest absolute Gasteiger partial charge is 0.244 e. The number of aryl methyl sites for hydroxylation is 2. The zero-order valence-corrected chi connectivity index (χ0v) is 14.9. The minimum atomic E-state index is -0.254. The van der Waals surface area contributed by atoms with Gasteiger partial charge in [-0.15, -0.1) is 0 Å². The van der Waals surface area contributed by atoms with Crippen molar-refractivity contribution in [2.45, 2.75) is 27.2 Å². The normalized spacial score (nSPS) is 10.3. The van der Waals surface area contributed by atoms with Crippen LogP contribution in [0.5, 0.6) is 0 Å². The Balaban J connectivity index is 2.11. The average Bonchev–Trinajstić information content (AvgIpc) is 2.55. The zero-order chi connectivity index (χ0) is 17.7. The minimum absolute atomic E-state index is 0.0388. The van der Waals surface area contributed by atoms with E-state index in [0.717, 1.165) is 12.0 Å². The second-order valence-electron chi connectivity index (χ2n) is 5.63. The maximum atomic E-state index is 12.3. The molecule has 2 rings (SSSR count). The summed E-state index contributed by atoms with van der Waals surface area (Å²) in [5.41, 5.74) is 3.46. The molecule has 0 bridgehead atoms. The molecule has 0 spiro atoms. The molecule has 0 aliphatic rings. The van der Waals surface area contributed by atoms with Crippen molar-refractivity contribution in [2.75, 3.05) is 16.8 Å². The van der Waals surface area contributed by atoms with Gasteiger partial charge in [-0.25, -0.2) is 0 Å². The fourth-order valence-electron chi connectivity index (χ4n) is 2.40. The van der Waals surface area contributed by atoms with E-state index in [2.05, 4.69) is 12.2 Å². The van der Waals surface area contributed by atoms with Crippen LogP contribution in [-0.2, 0) is 16.0 Å². The lowest BCUT2D eigenvalue weighted by Gasteiger charge is -2.21. The van der Waals surface area contributed by atoms with E-state index in [9.17, 15) is 9.59 Å². The Morgan fingerprint density at radius 1 is 1.12 bits per heavy atom. The first-order valence-corrected chi connectivity index (χ1v) is 8.21. The summed E-state index contributed by atoms with van der Waals surface area (Å²) in [5.74, 6) is -0.433. The molecule has 0 aliphatic carbocycles. The Kier molecular flexibility index (Phi) is 5.99. The molecule has 0 heterocycles. The number of rotatable bonds is 5. The number of benzene rings is 2. The number of carbonyl (C=O) groups is 2. The largest absolute Gasteiger partial charge is 0.324 e. The molecule has 0 aromatic heterocycles. The molecule has 5 heteroatoms. The molecule has 2 amide bonds. The van der Waals surface area contributed by atoms with Gasteiger partial charge < -0.3 is 10.2 Å².